The Labute approximate surface area is 174 Å². The van der Waals surface area contributed by atoms with E-state index in [9.17, 15) is 26.8 Å². The monoisotopic (exact) mass is 439 g/mol. The van der Waals surface area contributed by atoms with E-state index in [2.05, 4.69) is 10.6 Å². The minimum atomic E-state index is -3.97. The van der Waals surface area contributed by atoms with Gasteiger partial charge < -0.3 is 10.6 Å². The highest BCUT2D eigenvalue weighted by Crippen LogP contribution is 2.21. The predicted molar refractivity (Wildman–Crippen MR) is 111 cm³/mol. The van der Waals surface area contributed by atoms with Crippen molar-refractivity contribution in [3.05, 3.63) is 59.7 Å². The number of nitrogens with zero attached hydrogens (tertiary/aromatic N) is 1. The number of para-hydroxylation sites is 1. The molecule has 0 unspecified atom stereocenters. The summed E-state index contributed by atoms with van der Waals surface area (Å²) in [5, 5.41) is 5.25. The van der Waals surface area contributed by atoms with Crippen LogP contribution in [0.15, 0.2) is 42.5 Å². The summed E-state index contributed by atoms with van der Waals surface area (Å²) < 4.78 is 51.6. The first-order valence-electron chi connectivity index (χ1n) is 9.23. The molecule has 0 bridgehead atoms. The Hall–Kier alpha value is -3.01. The molecule has 0 radical (unpaired) electrons. The average Bonchev–Trinajstić information content (AvgIpc) is 2.68. The third-order valence-electron chi connectivity index (χ3n) is 4.14. The summed E-state index contributed by atoms with van der Waals surface area (Å²) in [5.74, 6) is -3.51. The fourth-order valence-electron chi connectivity index (χ4n) is 2.62. The van der Waals surface area contributed by atoms with E-state index in [4.69, 9.17) is 0 Å². The molecule has 2 N–H and O–H groups in total. The van der Waals surface area contributed by atoms with E-state index in [-0.39, 0.29) is 22.8 Å². The van der Waals surface area contributed by atoms with Crippen LogP contribution in [0, 0.1) is 11.6 Å². The first kappa shape index (κ1) is 23.3. The number of sulfonamides is 1. The largest absolute Gasteiger partial charge is 0.352 e. The highest BCUT2D eigenvalue weighted by atomic mass is 32.2. The Balaban J connectivity index is 2.20. The zero-order valence-corrected chi connectivity index (χ0v) is 17.4. The van der Waals surface area contributed by atoms with E-state index < -0.39 is 34.1 Å². The lowest BCUT2D eigenvalue weighted by Crippen LogP contribution is -2.38. The van der Waals surface area contributed by atoms with Crippen LogP contribution in [0.2, 0.25) is 0 Å². The average molecular weight is 439 g/mol. The fourth-order valence-corrected chi connectivity index (χ4v) is 3.47. The SMILES string of the molecule is CCCCNC(=O)c1ccccc1NC(=O)CN(c1ccc(F)c(F)c1)S(C)(=O)=O. The van der Waals surface area contributed by atoms with E-state index in [0.29, 0.717) is 16.9 Å². The Morgan fingerprint density at radius 3 is 2.40 bits per heavy atom. The minimum Gasteiger partial charge on any atom is -0.352 e. The van der Waals surface area contributed by atoms with Crippen LogP contribution in [0.5, 0.6) is 0 Å². The molecular weight excluding hydrogens is 416 g/mol. The van der Waals surface area contributed by atoms with Crippen molar-refractivity contribution < 1.29 is 26.8 Å². The van der Waals surface area contributed by atoms with Gasteiger partial charge in [0.15, 0.2) is 11.6 Å². The maximum Gasteiger partial charge on any atom is 0.253 e. The van der Waals surface area contributed by atoms with Crippen molar-refractivity contribution in [2.45, 2.75) is 19.8 Å². The van der Waals surface area contributed by atoms with E-state index in [1.807, 2.05) is 6.92 Å². The van der Waals surface area contributed by atoms with E-state index in [1.165, 1.54) is 12.1 Å². The Morgan fingerprint density at radius 2 is 1.77 bits per heavy atom. The number of carbonyl (C=O) groups is 2. The van der Waals surface area contributed by atoms with Gasteiger partial charge in [-0.05, 0) is 30.7 Å². The van der Waals surface area contributed by atoms with Gasteiger partial charge in [-0.2, -0.15) is 0 Å². The van der Waals surface area contributed by atoms with E-state index in [0.717, 1.165) is 31.2 Å². The zero-order chi connectivity index (χ0) is 22.3. The number of amides is 2. The molecule has 0 heterocycles. The summed E-state index contributed by atoms with van der Waals surface area (Å²) in [6, 6.07) is 8.81. The normalized spacial score (nSPS) is 11.1. The molecule has 30 heavy (non-hydrogen) atoms. The number of carbonyl (C=O) groups excluding carboxylic acids is 2. The van der Waals surface area contributed by atoms with Gasteiger partial charge in [0, 0.05) is 12.6 Å². The van der Waals surface area contributed by atoms with Crippen molar-refractivity contribution in [3.8, 4) is 0 Å². The van der Waals surface area contributed by atoms with Crippen molar-refractivity contribution in [3.63, 3.8) is 0 Å². The zero-order valence-electron chi connectivity index (χ0n) is 16.6. The Kier molecular flexibility index (Phi) is 7.87. The summed E-state index contributed by atoms with van der Waals surface area (Å²) in [5.41, 5.74) is 0.230. The number of unbranched alkanes of at least 4 members (excludes halogenated alkanes) is 1. The van der Waals surface area contributed by atoms with Gasteiger partial charge >= 0.3 is 0 Å². The summed E-state index contributed by atoms with van der Waals surface area (Å²) in [4.78, 5) is 24.9. The van der Waals surface area contributed by atoms with Gasteiger partial charge in [-0.1, -0.05) is 25.5 Å². The molecule has 2 amide bonds. The molecule has 2 aromatic rings. The predicted octanol–water partition coefficient (Wildman–Crippen LogP) is 2.90. The molecule has 162 valence electrons. The van der Waals surface area contributed by atoms with Crippen LogP contribution in [-0.4, -0.2) is 39.6 Å². The lowest BCUT2D eigenvalue weighted by molar-refractivity contribution is -0.114. The molecule has 0 aliphatic rings. The number of hydrogen-bond acceptors (Lipinski definition) is 4. The van der Waals surface area contributed by atoms with E-state index >= 15 is 0 Å². The first-order valence-corrected chi connectivity index (χ1v) is 11.1. The van der Waals surface area contributed by atoms with Crippen LogP contribution in [0.4, 0.5) is 20.2 Å². The second-order valence-electron chi connectivity index (χ2n) is 6.57. The first-order chi connectivity index (χ1) is 14.1. The van der Waals surface area contributed by atoms with Gasteiger partial charge in [0.1, 0.15) is 6.54 Å². The van der Waals surface area contributed by atoms with Crippen molar-refractivity contribution in [2.24, 2.45) is 0 Å². The molecule has 10 heteroatoms. The maximum absolute atomic E-state index is 13.5. The molecule has 2 rings (SSSR count). The molecule has 0 fully saturated rings. The quantitative estimate of drug-likeness (QED) is 0.588. The lowest BCUT2D eigenvalue weighted by Gasteiger charge is -2.22. The number of anilines is 2. The fraction of sp³-hybridized carbons (Fsp3) is 0.300. The van der Waals surface area contributed by atoms with Gasteiger partial charge in [-0.3, -0.25) is 13.9 Å². The van der Waals surface area contributed by atoms with Gasteiger partial charge in [-0.25, -0.2) is 17.2 Å². The highest BCUT2D eigenvalue weighted by Gasteiger charge is 2.23. The molecule has 7 nitrogen and oxygen atoms in total. The summed E-state index contributed by atoms with van der Waals surface area (Å²) in [7, 11) is -3.97. The van der Waals surface area contributed by atoms with Crippen LogP contribution in [0.3, 0.4) is 0 Å². The van der Waals surface area contributed by atoms with Crippen LogP contribution in [0.1, 0.15) is 30.1 Å². The summed E-state index contributed by atoms with van der Waals surface area (Å²) in [6.45, 7) is 1.78. The molecule has 0 atom stereocenters. The van der Waals surface area contributed by atoms with Crippen LogP contribution < -0.4 is 14.9 Å². The Bertz CT molecular complexity index is 1030. The van der Waals surface area contributed by atoms with Gasteiger partial charge in [0.25, 0.3) is 5.91 Å². The van der Waals surface area contributed by atoms with Crippen molar-refractivity contribution >= 4 is 33.2 Å². The third-order valence-corrected chi connectivity index (χ3v) is 5.28. The summed E-state index contributed by atoms with van der Waals surface area (Å²) >= 11 is 0. The summed E-state index contributed by atoms with van der Waals surface area (Å²) in [6.07, 6.45) is 2.55. The number of rotatable bonds is 9. The number of benzene rings is 2. The second kappa shape index (κ2) is 10.1. The lowest BCUT2D eigenvalue weighted by atomic mass is 10.1. The molecular formula is C20H23F2N3O4S. The van der Waals surface area contributed by atoms with Crippen molar-refractivity contribution in [1.29, 1.82) is 0 Å². The van der Waals surface area contributed by atoms with Gasteiger partial charge in [0.2, 0.25) is 15.9 Å². The second-order valence-corrected chi connectivity index (χ2v) is 8.48. The number of halogens is 2. The number of nitrogens with one attached hydrogen (secondary N) is 2. The molecule has 0 aliphatic heterocycles. The molecule has 0 aliphatic carbocycles. The van der Waals surface area contributed by atoms with Crippen molar-refractivity contribution in [2.75, 3.05) is 29.0 Å². The van der Waals surface area contributed by atoms with Crippen LogP contribution in [0.25, 0.3) is 0 Å². The minimum absolute atomic E-state index is 0.197. The van der Waals surface area contributed by atoms with Crippen LogP contribution >= 0.6 is 0 Å². The molecule has 0 saturated heterocycles. The molecule has 2 aromatic carbocycles. The standard InChI is InChI=1S/C20H23F2N3O4S/c1-3-4-11-23-20(27)15-7-5-6-8-18(15)24-19(26)13-25(30(2,28)29)14-9-10-16(21)17(22)12-14/h5-10,12H,3-4,11,13H2,1-2H3,(H,23,27)(H,24,26). The topological polar surface area (TPSA) is 95.6 Å². The molecule has 0 aromatic heterocycles. The molecule has 0 spiro atoms. The maximum atomic E-state index is 13.5. The van der Waals surface area contributed by atoms with Crippen molar-refractivity contribution in [1.82, 2.24) is 5.32 Å². The third kappa shape index (κ3) is 6.24. The number of hydrogen-bond donors (Lipinski definition) is 2. The van der Waals surface area contributed by atoms with Crippen LogP contribution in [-0.2, 0) is 14.8 Å². The highest BCUT2D eigenvalue weighted by molar-refractivity contribution is 7.92. The van der Waals surface area contributed by atoms with E-state index in [1.54, 1.807) is 12.1 Å². The Morgan fingerprint density at radius 1 is 1.07 bits per heavy atom. The molecule has 0 saturated carbocycles. The van der Waals surface area contributed by atoms with Gasteiger partial charge in [0.05, 0.1) is 23.2 Å². The van der Waals surface area contributed by atoms with Gasteiger partial charge in [-0.15, -0.1) is 0 Å². The smallest absolute Gasteiger partial charge is 0.253 e.